The fraction of sp³-hybridized carbons (Fsp3) is 0.545. The molecule has 0 fully saturated rings. The van der Waals surface area contributed by atoms with Crippen molar-refractivity contribution >= 4 is 23.3 Å². The van der Waals surface area contributed by atoms with E-state index >= 15 is 0 Å². The molecule has 1 aromatic rings. The average molecular weight is 257 g/mol. The Hall–Kier alpha value is -1.36. The lowest BCUT2D eigenvalue weighted by Gasteiger charge is -2.14. The molecule has 17 heavy (non-hydrogen) atoms. The Morgan fingerprint density at radius 1 is 1.35 bits per heavy atom. The van der Waals surface area contributed by atoms with E-state index in [9.17, 15) is 4.79 Å². The van der Waals surface area contributed by atoms with Gasteiger partial charge in [-0.15, -0.1) is 0 Å². The minimum Gasteiger partial charge on any atom is -0.358 e. The first-order valence-electron chi connectivity index (χ1n) is 5.46. The van der Waals surface area contributed by atoms with Crippen molar-refractivity contribution in [2.45, 2.75) is 32.7 Å². The monoisotopic (exact) mass is 256 g/mol. The van der Waals surface area contributed by atoms with Gasteiger partial charge in [0, 0.05) is 19.0 Å². The van der Waals surface area contributed by atoms with Gasteiger partial charge in [-0.2, -0.15) is 0 Å². The molecule has 1 heterocycles. The molecule has 0 radical (unpaired) electrons. The molecule has 0 bridgehead atoms. The summed E-state index contributed by atoms with van der Waals surface area (Å²) >= 11 is 5.90. The maximum absolute atomic E-state index is 11.4. The summed E-state index contributed by atoms with van der Waals surface area (Å²) in [6.07, 6.45) is 0. The van der Waals surface area contributed by atoms with Crippen LogP contribution >= 0.6 is 11.6 Å². The van der Waals surface area contributed by atoms with Crippen molar-refractivity contribution in [3.8, 4) is 0 Å². The third kappa shape index (κ3) is 3.85. The van der Waals surface area contributed by atoms with Crippen LogP contribution in [0.1, 0.15) is 32.5 Å². The molecule has 0 aliphatic carbocycles. The van der Waals surface area contributed by atoms with E-state index in [1.807, 2.05) is 13.8 Å². The van der Waals surface area contributed by atoms with Crippen LogP contribution in [0.4, 0.5) is 5.82 Å². The number of nitrogens with one attached hydrogen (secondary N) is 2. The molecule has 94 valence electrons. The Morgan fingerprint density at radius 3 is 2.53 bits per heavy atom. The number of carbonyl (C=O) groups is 1. The van der Waals surface area contributed by atoms with Crippen molar-refractivity contribution in [3.05, 3.63) is 17.0 Å². The van der Waals surface area contributed by atoms with Gasteiger partial charge < -0.3 is 10.6 Å². The summed E-state index contributed by atoms with van der Waals surface area (Å²) < 4.78 is 0. The van der Waals surface area contributed by atoms with Crippen LogP contribution < -0.4 is 10.6 Å². The summed E-state index contributed by atoms with van der Waals surface area (Å²) in [6, 6.07) is 1.23. The van der Waals surface area contributed by atoms with E-state index in [0.717, 1.165) is 0 Å². The van der Waals surface area contributed by atoms with Gasteiger partial charge in [-0.05, 0) is 6.92 Å². The summed E-state index contributed by atoms with van der Waals surface area (Å²) in [7, 11) is 1.59. The molecule has 1 amide bonds. The van der Waals surface area contributed by atoms with E-state index in [1.54, 1.807) is 20.0 Å². The van der Waals surface area contributed by atoms with Crippen molar-refractivity contribution in [1.29, 1.82) is 0 Å². The Labute approximate surface area is 106 Å². The third-order valence-electron chi connectivity index (χ3n) is 2.23. The number of rotatable bonds is 4. The summed E-state index contributed by atoms with van der Waals surface area (Å²) in [4.78, 5) is 19.8. The second kappa shape index (κ2) is 5.82. The summed E-state index contributed by atoms with van der Waals surface area (Å²) in [5.74, 6) is 1.30. The number of amides is 1. The van der Waals surface area contributed by atoms with Gasteiger partial charge >= 0.3 is 0 Å². The van der Waals surface area contributed by atoms with Gasteiger partial charge in [0.1, 0.15) is 22.8 Å². The Morgan fingerprint density at radius 2 is 2.00 bits per heavy atom. The number of hydrogen-bond acceptors (Lipinski definition) is 4. The zero-order chi connectivity index (χ0) is 13.0. The Kier molecular flexibility index (Phi) is 4.69. The van der Waals surface area contributed by atoms with Crippen LogP contribution in [0.15, 0.2) is 6.07 Å². The molecule has 0 saturated carbocycles. The highest BCUT2D eigenvalue weighted by atomic mass is 35.5. The van der Waals surface area contributed by atoms with E-state index in [1.165, 1.54) is 0 Å². The van der Waals surface area contributed by atoms with Crippen LogP contribution in [0.3, 0.4) is 0 Å². The van der Waals surface area contributed by atoms with Gasteiger partial charge in [0.25, 0.3) is 0 Å². The number of hydrogen-bond donors (Lipinski definition) is 2. The Balaban J connectivity index is 2.87. The minimum atomic E-state index is -0.369. The molecule has 0 aromatic carbocycles. The molecule has 5 nitrogen and oxygen atoms in total. The van der Waals surface area contributed by atoms with Gasteiger partial charge in [-0.25, -0.2) is 9.97 Å². The van der Waals surface area contributed by atoms with Crippen LogP contribution in [0.5, 0.6) is 0 Å². The van der Waals surface area contributed by atoms with Crippen molar-refractivity contribution in [3.63, 3.8) is 0 Å². The number of nitrogens with zero attached hydrogens (tertiary/aromatic N) is 2. The lowest BCUT2D eigenvalue weighted by atomic mass is 10.2. The van der Waals surface area contributed by atoms with Crippen molar-refractivity contribution in [2.24, 2.45) is 0 Å². The van der Waals surface area contributed by atoms with Crippen LogP contribution in [-0.4, -0.2) is 29.0 Å². The number of halogens is 1. The standard InChI is InChI=1S/C11H17ClN4O/c1-6(2)10-15-8(12)5-9(16-10)14-7(3)11(17)13-4/h5-7H,1-4H3,(H,13,17)(H,14,15,16). The number of carbonyl (C=O) groups excluding carboxylic acids is 1. The van der Waals surface area contributed by atoms with E-state index in [4.69, 9.17) is 11.6 Å². The van der Waals surface area contributed by atoms with Crippen LogP contribution in [0.2, 0.25) is 5.15 Å². The largest absolute Gasteiger partial charge is 0.358 e. The van der Waals surface area contributed by atoms with Crippen molar-refractivity contribution in [2.75, 3.05) is 12.4 Å². The zero-order valence-electron chi connectivity index (χ0n) is 10.4. The smallest absolute Gasteiger partial charge is 0.241 e. The lowest BCUT2D eigenvalue weighted by Crippen LogP contribution is -2.35. The predicted molar refractivity (Wildman–Crippen MR) is 68.3 cm³/mol. The fourth-order valence-electron chi connectivity index (χ4n) is 1.27. The summed E-state index contributed by atoms with van der Waals surface area (Å²) in [5.41, 5.74) is 0. The van der Waals surface area contributed by atoms with Gasteiger partial charge in [0.2, 0.25) is 5.91 Å². The molecular formula is C11H17ClN4O. The third-order valence-corrected chi connectivity index (χ3v) is 2.43. The molecule has 1 atom stereocenters. The molecule has 0 saturated heterocycles. The lowest BCUT2D eigenvalue weighted by molar-refractivity contribution is -0.121. The molecule has 0 aliphatic rings. The molecular weight excluding hydrogens is 240 g/mol. The average Bonchev–Trinajstić information content (AvgIpc) is 2.26. The first-order chi connectivity index (χ1) is 7.93. The van der Waals surface area contributed by atoms with Crippen LogP contribution in [0, 0.1) is 0 Å². The number of aromatic nitrogens is 2. The first-order valence-corrected chi connectivity index (χ1v) is 5.84. The van der Waals surface area contributed by atoms with E-state index in [-0.39, 0.29) is 17.9 Å². The number of likely N-dealkylation sites (N-methyl/N-ethyl adjacent to an activating group) is 1. The van der Waals surface area contributed by atoms with Crippen LogP contribution in [0.25, 0.3) is 0 Å². The molecule has 1 aromatic heterocycles. The highest BCUT2D eigenvalue weighted by Crippen LogP contribution is 2.17. The quantitative estimate of drug-likeness (QED) is 0.807. The summed E-state index contributed by atoms with van der Waals surface area (Å²) in [6.45, 7) is 5.72. The zero-order valence-corrected chi connectivity index (χ0v) is 11.2. The topological polar surface area (TPSA) is 66.9 Å². The van der Waals surface area contributed by atoms with Gasteiger partial charge in [0.05, 0.1) is 0 Å². The highest BCUT2D eigenvalue weighted by molar-refractivity contribution is 6.29. The highest BCUT2D eigenvalue weighted by Gasteiger charge is 2.13. The number of anilines is 1. The van der Waals surface area contributed by atoms with E-state index < -0.39 is 0 Å². The van der Waals surface area contributed by atoms with Crippen molar-refractivity contribution < 1.29 is 4.79 Å². The molecule has 2 N–H and O–H groups in total. The van der Waals surface area contributed by atoms with Gasteiger partial charge in [0.15, 0.2) is 0 Å². The second-order valence-corrected chi connectivity index (χ2v) is 4.46. The fourth-order valence-corrected chi connectivity index (χ4v) is 1.46. The van der Waals surface area contributed by atoms with Crippen molar-refractivity contribution in [1.82, 2.24) is 15.3 Å². The molecule has 0 spiro atoms. The molecule has 1 rings (SSSR count). The predicted octanol–water partition coefficient (Wildman–Crippen LogP) is 1.80. The summed E-state index contributed by atoms with van der Waals surface area (Å²) in [5, 5.41) is 5.91. The van der Waals surface area contributed by atoms with Gasteiger partial charge in [-0.1, -0.05) is 25.4 Å². The van der Waals surface area contributed by atoms with E-state index in [2.05, 4.69) is 20.6 Å². The first kappa shape index (κ1) is 13.7. The maximum atomic E-state index is 11.4. The normalized spacial score (nSPS) is 12.4. The molecule has 6 heteroatoms. The second-order valence-electron chi connectivity index (χ2n) is 4.07. The molecule has 0 aliphatic heterocycles. The minimum absolute atomic E-state index is 0.106. The van der Waals surface area contributed by atoms with Gasteiger partial charge in [-0.3, -0.25) is 4.79 Å². The van der Waals surface area contributed by atoms with Crippen LogP contribution in [-0.2, 0) is 4.79 Å². The van der Waals surface area contributed by atoms with E-state index in [0.29, 0.717) is 16.8 Å². The molecule has 1 unspecified atom stereocenters. The SMILES string of the molecule is CNC(=O)C(C)Nc1cc(Cl)nc(C(C)C)n1. The Bertz CT molecular complexity index is 408. The maximum Gasteiger partial charge on any atom is 0.241 e.